The molecule has 28 heavy (non-hydrogen) atoms. The van der Waals surface area contributed by atoms with Crippen molar-refractivity contribution in [2.45, 2.75) is 162 Å². The van der Waals surface area contributed by atoms with Crippen LogP contribution in [0.4, 0.5) is 0 Å². The summed E-state index contributed by atoms with van der Waals surface area (Å²) in [6, 6.07) is 0. The van der Waals surface area contributed by atoms with Crippen molar-refractivity contribution in [1.29, 1.82) is 0 Å². The van der Waals surface area contributed by atoms with Gasteiger partial charge in [0.05, 0.1) is 0 Å². The second kappa shape index (κ2) is 25.0. The Kier molecular flexibility index (Phi) is 25.0. The van der Waals surface area contributed by atoms with Crippen molar-refractivity contribution in [2.24, 2.45) is 5.92 Å². The maximum absolute atomic E-state index is 9.08. The van der Waals surface area contributed by atoms with Crippen molar-refractivity contribution >= 4 is 0 Å². The molecule has 0 amide bonds. The molecule has 0 aromatic rings. The van der Waals surface area contributed by atoms with Gasteiger partial charge in [-0.15, -0.1) is 0 Å². The molecule has 0 rings (SSSR count). The quantitative estimate of drug-likeness (QED) is 0.161. The van der Waals surface area contributed by atoms with Crippen LogP contribution in [0, 0.1) is 5.92 Å². The van der Waals surface area contributed by atoms with Crippen molar-refractivity contribution < 1.29 is 5.11 Å². The fourth-order valence-corrected chi connectivity index (χ4v) is 4.47. The Labute approximate surface area is 179 Å². The van der Waals surface area contributed by atoms with E-state index in [9.17, 15) is 0 Å². The normalized spacial score (nSPS) is 12.5. The molecule has 0 spiro atoms. The van der Waals surface area contributed by atoms with Gasteiger partial charge >= 0.3 is 0 Å². The Morgan fingerprint density at radius 3 is 1.00 bits per heavy atom. The van der Waals surface area contributed by atoms with Gasteiger partial charge < -0.3 is 5.11 Å². The molecule has 0 saturated heterocycles. The Morgan fingerprint density at radius 2 is 0.679 bits per heavy atom. The van der Waals surface area contributed by atoms with E-state index in [0.29, 0.717) is 6.61 Å². The van der Waals surface area contributed by atoms with Crippen LogP contribution < -0.4 is 0 Å². The number of unbranched alkanes of at least 4 members (excludes halogenated alkanes) is 17. The molecule has 1 atom stereocenters. The summed E-state index contributed by atoms with van der Waals surface area (Å²) in [5.74, 6) is 0.931. The van der Waals surface area contributed by atoms with Gasteiger partial charge in [-0.25, -0.2) is 0 Å². The van der Waals surface area contributed by atoms with E-state index in [2.05, 4.69) is 13.8 Å². The third-order valence-corrected chi connectivity index (χ3v) is 6.45. The molecule has 0 aromatic carbocycles. The first-order valence-corrected chi connectivity index (χ1v) is 13.5. The molecule has 1 nitrogen and oxygen atoms in total. The van der Waals surface area contributed by atoms with E-state index >= 15 is 0 Å². The molecule has 0 bridgehead atoms. The summed E-state index contributed by atoms with van der Waals surface area (Å²) in [5, 5.41) is 9.08. The second-order valence-electron chi connectivity index (χ2n) is 9.32. The van der Waals surface area contributed by atoms with Crippen molar-refractivity contribution in [3.8, 4) is 0 Å². The molecule has 0 heterocycles. The summed E-state index contributed by atoms with van der Waals surface area (Å²) in [5.41, 5.74) is 0. The molecule has 0 aliphatic rings. The SMILES string of the molecule is CCCCCCCCCCCCC(CCCCO)CCCCCCCCCC. The largest absolute Gasteiger partial charge is 0.396 e. The lowest BCUT2D eigenvalue weighted by molar-refractivity contribution is 0.272. The van der Waals surface area contributed by atoms with Crippen LogP contribution in [0.3, 0.4) is 0 Å². The van der Waals surface area contributed by atoms with Gasteiger partial charge in [-0.1, -0.05) is 155 Å². The van der Waals surface area contributed by atoms with Gasteiger partial charge in [-0.3, -0.25) is 0 Å². The van der Waals surface area contributed by atoms with Crippen LogP contribution in [0.1, 0.15) is 162 Å². The Balaban J connectivity index is 3.61. The van der Waals surface area contributed by atoms with Crippen LogP contribution >= 0.6 is 0 Å². The Hall–Kier alpha value is -0.0400. The van der Waals surface area contributed by atoms with Crippen LogP contribution in [-0.4, -0.2) is 11.7 Å². The number of hydrogen-bond acceptors (Lipinski definition) is 1. The van der Waals surface area contributed by atoms with Gasteiger partial charge in [-0.05, 0) is 12.3 Å². The van der Waals surface area contributed by atoms with Crippen LogP contribution in [0.2, 0.25) is 0 Å². The average Bonchev–Trinajstić information content (AvgIpc) is 2.71. The van der Waals surface area contributed by atoms with Gasteiger partial charge in [0.1, 0.15) is 0 Å². The zero-order valence-corrected chi connectivity index (χ0v) is 20.0. The van der Waals surface area contributed by atoms with E-state index in [1.165, 1.54) is 141 Å². The van der Waals surface area contributed by atoms with E-state index in [4.69, 9.17) is 5.11 Å². The summed E-state index contributed by atoms with van der Waals surface area (Å²) >= 11 is 0. The first kappa shape index (κ1) is 28.0. The molecular formula is C27H56O. The summed E-state index contributed by atoms with van der Waals surface area (Å²) in [6.45, 7) is 4.97. The monoisotopic (exact) mass is 396 g/mol. The summed E-state index contributed by atoms with van der Waals surface area (Å²) in [7, 11) is 0. The molecule has 170 valence electrons. The average molecular weight is 397 g/mol. The Morgan fingerprint density at radius 1 is 0.393 bits per heavy atom. The first-order valence-electron chi connectivity index (χ1n) is 13.5. The topological polar surface area (TPSA) is 20.2 Å². The van der Waals surface area contributed by atoms with E-state index in [1.54, 1.807) is 0 Å². The van der Waals surface area contributed by atoms with Crippen LogP contribution in [-0.2, 0) is 0 Å². The van der Waals surface area contributed by atoms with E-state index in [0.717, 1.165) is 12.3 Å². The zero-order chi connectivity index (χ0) is 20.5. The van der Waals surface area contributed by atoms with Crippen molar-refractivity contribution in [1.82, 2.24) is 0 Å². The number of aliphatic hydroxyl groups excluding tert-OH is 1. The smallest absolute Gasteiger partial charge is 0.0431 e. The lowest BCUT2D eigenvalue weighted by Crippen LogP contribution is -2.02. The summed E-state index contributed by atoms with van der Waals surface area (Å²) < 4.78 is 0. The van der Waals surface area contributed by atoms with Crippen LogP contribution in [0.5, 0.6) is 0 Å². The third-order valence-electron chi connectivity index (χ3n) is 6.45. The van der Waals surface area contributed by atoms with Gasteiger partial charge in [0.2, 0.25) is 0 Å². The molecule has 0 aliphatic heterocycles. The summed E-state index contributed by atoms with van der Waals surface area (Å²) in [4.78, 5) is 0. The maximum Gasteiger partial charge on any atom is 0.0431 e. The molecule has 0 aromatic heterocycles. The minimum atomic E-state index is 0.378. The molecule has 1 N–H and O–H groups in total. The second-order valence-corrected chi connectivity index (χ2v) is 9.32. The van der Waals surface area contributed by atoms with Crippen molar-refractivity contribution in [3.63, 3.8) is 0 Å². The highest BCUT2D eigenvalue weighted by Crippen LogP contribution is 2.24. The molecule has 0 radical (unpaired) electrons. The molecule has 1 heteroatoms. The lowest BCUT2D eigenvalue weighted by atomic mass is 9.90. The summed E-state index contributed by atoms with van der Waals surface area (Å²) in [6.07, 6.45) is 32.4. The fraction of sp³-hybridized carbons (Fsp3) is 1.00. The molecule has 0 saturated carbocycles. The Bertz CT molecular complexity index is 263. The van der Waals surface area contributed by atoms with Crippen molar-refractivity contribution in [3.05, 3.63) is 0 Å². The van der Waals surface area contributed by atoms with E-state index < -0.39 is 0 Å². The van der Waals surface area contributed by atoms with Gasteiger partial charge in [0, 0.05) is 6.61 Å². The number of hydrogen-bond donors (Lipinski definition) is 1. The lowest BCUT2D eigenvalue weighted by Gasteiger charge is -2.17. The minimum Gasteiger partial charge on any atom is -0.396 e. The van der Waals surface area contributed by atoms with Crippen molar-refractivity contribution in [2.75, 3.05) is 6.61 Å². The standard InChI is InChI=1S/C27H56O/c1-3-5-7-9-11-13-14-16-18-20-24-27(25-21-22-26-28)23-19-17-15-12-10-8-6-4-2/h27-28H,3-26H2,1-2H3. The fourth-order valence-electron chi connectivity index (χ4n) is 4.47. The first-order chi connectivity index (χ1) is 13.8. The predicted octanol–water partition coefficient (Wildman–Crippen LogP) is 9.61. The number of aliphatic hydroxyl groups is 1. The van der Waals surface area contributed by atoms with Crippen LogP contribution in [0.15, 0.2) is 0 Å². The number of rotatable bonds is 24. The zero-order valence-electron chi connectivity index (χ0n) is 20.0. The predicted molar refractivity (Wildman–Crippen MR) is 128 cm³/mol. The van der Waals surface area contributed by atoms with Gasteiger partial charge in [0.15, 0.2) is 0 Å². The molecule has 1 unspecified atom stereocenters. The molecular weight excluding hydrogens is 340 g/mol. The van der Waals surface area contributed by atoms with Gasteiger partial charge in [0.25, 0.3) is 0 Å². The van der Waals surface area contributed by atoms with E-state index in [-0.39, 0.29) is 0 Å². The highest BCUT2D eigenvalue weighted by molar-refractivity contribution is 4.62. The highest BCUT2D eigenvalue weighted by atomic mass is 16.2. The van der Waals surface area contributed by atoms with Gasteiger partial charge in [-0.2, -0.15) is 0 Å². The van der Waals surface area contributed by atoms with E-state index in [1.807, 2.05) is 0 Å². The molecule has 0 fully saturated rings. The third kappa shape index (κ3) is 22.3. The van der Waals surface area contributed by atoms with Crippen LogP contribution in [0.25, 0.3) is 0 Å². The maximum atomic E-state index is 9.08. The molecule has 0 aliphatic carbocycles. The highest BCUT2D eigenvalue weighted by Gasteiger charge is 2.08. The minimum absolute atomic E-state index is 0.378.